The predicted octanol–water partition coefficient (Wildman–Crippen LogP) is 2.73. The van der Waals surface area contributed by atoms with Crippen molar-refractivity contribution in [1.29, 1.82) is 0 Å². The van der Waals surface area contributed by atoms with Crippen molar-refractivity contribution in [1.82, 2.24) is 15.1 Å². The maximum atomic E-state index is 12.5. The van der Waals surface area contributed by atoms with Crippen molar-refractivity contribution >= 4 is 17.7 Å². The van der Waals surface area contributed by atoms with Crippen LogP contribution in [0.2, 0.25) is 0 Å². The first-order valence-corrected chi connectivity index (χ1v) is 11.5. The highest BCUT2D eigenvalue weighted by atomic mass is 16.2. The summed E-state index contributed by atoms with van der Waals surface area (Å²) in [5, 5.41) is 2.85. The zero-order valence-electron chi connectivity index (χ0n) is 18.5. The second kappa shape index (κ2) is 9.35. The molecule has 1 aromatic carbocycles. The molecular formula is C25H33N3O3. The number of allylic oxidation sites excluding steroid dienone is 2. The smallest absolute Gasteiger partial charge is 0.240 e. The van der Waals surface area contributed by atoms with Gasteiger partial charge in [-0.1, -0.05) is 50.3 Å². The van der Waals surface area contributed by atoms with Gasteiger partial charge in [0.15, 0.2) is 0 Å². The summed E-state index contributed by atoms with van der Waals surface area (Å²) in [6, 6.07) is 8.32. The monoisotopic (exact) mass is 423 g/mol. The number of likely N-dealkylation sites (tertiary alicyclic amines) is 2. The van der Waals surface area contributed by atoms with Crippen LogP contribution in [0.3, 0.4) is 0 Å². The summed E-state index contributed by atoms with van der Waals surface area (Å²) in [6.45, 7) is 8.10. The third-order valence-corrected chi connectivity index (χ3v) is 6.76. The van der Waals surface area contributed by atoms with Gasteiger partial charge in [-0.05, 0) is 42.2 Å². The Morgan fingerprint density at radius 2 is 1.48 bits per heavy atom. The number of carbonyl (C=O) groups is 3. The third kappa shape index (κ3) is 5.06. The number of imide groups is 1. The average molecular weight is 424 g/mol. The van der Waals surface area contributed by atoms with E-state index in [2.05, 4.69) is 36.2 Å². The summed E-state index contributed by atoms with van der Waals surface area (Å²) in [5.74, 6) is 0.196. The Kier molecular flexibility index (Phi) is 6.56. The molecule has 0 spiro atoms. The highest BCUT2D eigenvalue weighted by Gasteiger charge is 2.47. The van der Waals surface area contributed by atoms with E-state index in [1.54, 1.807) is 0 Å². The van der Waals surface area contributed by atoms with Crippen molar-refractivity contribution in [2.45, 2.75) is 46.2 Å². The van der Waals surface area contributed by atoms with Gasteiger partial charge in [0.2, 0.25) is 17.7 Å². The molecule has 0 radical (unpaired) electrons. The molecule has 1 N–H and O–H groups in total. The van der Waals surface area contributed by atoms with Crippen LogP contribution in [-0.4, -0.2) is 47.2 Å². The van der Waals surface area contributed by atoms with Crippen LogP contribution in [-0.2, 0) is 27.5 Å². The second-order valence-corrected chi connectivity index (χ2v) is 9.65. The van der Waals surface area contributed by atoms with Gasteiger partial charge >= 0.3 is 0 Å². The number of nitrogens with one attached hydrogen (secondary N) is 1. The predicted molar refractivity (Wildman–Crippen MR) is 119 cm³/mol. The molecule has 3 aliphatic rings. The zero-order chi connectivity index (χ0) is 22.0. The Labute approximate surface area is 184 Å². The van der Waals surface area contributed by atoms with Crippen LogP contribution in [0.1, 0.15) is 44.2 Å². The molecule has 2 aliphatic heterocycles. The third-order valence-electron chi connectivity index (χ3n) is 6.76. The number of hydrogen-bond acceptors (Lipinski definition) is 4. The van der Waals surface area contributed by atoms with Crippen LogP contribution >= 0.6 is 0 Å². The van der Waals surface area contributed by atoms with Crippen LogP contribution in [0.5, 0.6) is 0 Å². The largest absolute Gasteiger partial charge is 0.350 e. The Morgan fingerprint density at radius 3 is 2.06 bits per heavy atom. The van der Waals surface area contributed by atoms with Gasteiger partial charge < -0.3 is 5.32 Å². The summed E-state index contributed by atoms with van der Waals surface area (Å²) in [7, 11) is 0. The molecule has 0 unspecified atom stereocenters. The summed E-state index contributed by atoms with van der Waals surface area (Å²) in [6.07, 6.45) is 6.39. The van der Waals surface area contributed by atoms with E-state index in [1.165, 1.54) is 12.0 Å². The topological polar surface area (TPSA) is 69.7 Å². The van der Waals surface area contributed by atoms with Gasteiger partial charge in [-0.3, -0.25) is 24.2 Å². The van der Waals surface area contributed by atoms with Crippen LogP contribution in [0.4, 0.5) is 0 Å². The maximum Gasteiger partial charge on any atom is 0.240 e. The number of fused-ring (bicyclic) bond motifs is 1. The van der Waals surface area contributed by atoms with E-state index >= 15 is 0 Å². The number of benzene rings is 1. The molecule has 166 valence electrons. The molecule has 31 heavy (non-hydrogen) atoms. The van der Waals surface area contributed by atoms with E-state index in [-0.39, 0.29) is 36.1 Å². The van der Waals surface area contributed by atoms with E-state index in [0.717, 1.165) is 41.9 Å². The average Bonchev–Trinajstić information content (AvgIpc) is 2.98. The molecule has 2 saturated heterocycles. The minimum Gasteiger partial charge on any atom is -0.350 e. The highest BCUT2D eigenvalue weighted by molar-refractivity contribution is 6.07. The summed E-state index contributed by atoms with van der Waals surface area (Å²) < 4.78 is 0. The second-order valence-electron chi connectivity index (χ2n) is 9.65. The quantitative estimate of drug-likeness (QED) is 0.564. The molecule has 4 rings (SSSR count). The molecule has 0 bridgehead atoms. The molecule has 6 nitrogen and oxygen atoms in total. The van der Waals surface area contributed by atoms with Gasteiger partial charge in [0.05, 0.1) is 11.8 Å². The van der Waals surface area contributed by atoms with Crippen LogP contribution in [0, 0.1) is 23.7 Å². The van der Waals surface area contributed by atoms with Gasteiger partial charge in [0.25, 0.3) is 0 Å². The molecule has 3 amide bonds. The van der Waals surface area contributed by atoms with Crippen molar-refractivity contribution in [2.75, 3.05) is 19.6 Å². The fourth-order valence-corrected chi connectivity index (χ4v) is 5.37. The first-order valence-electron chi connectivity index (χ1n) is 11.5. The molecule has 1 aromatic rings. The van der Waals surface area contributed by atoms with Crippen molar-refractivity contribution < 1.29 is 14.4 Å². The van der Waals surface area contributed by atoms with Gasteiger partial charge in [-0.25, -0.2) is 0 Å². The maximum absolute atomic E-state index is 12.5. The number of hydrogen-bond donors (Lipinski definition) is 1. The standard InChI is InChI=1S/C25H33N3O3/c1-17-11-18(2)14-27(13-17)15-20-9-7-19(8-10-20)12-26-23(29)16-28-24(30)21-5-3-4-6-22(21)25(28)31/h3-4,7-10,17-18,21-22H,5-6,11-16H2,1-2H3,(H,26,29)/t17-,18-,21-,22+/m1/s1. The lowest BCUT2D eigenvalue weighted by atomic mass is 9.85. The molecular weight excluding hydrogens is 390 g/mol. The lowest BCUT2D eigenvalue weighted by molar-refractivity contribution is -0.143. The number of piperidine rings is 1. The fraction of sp³-hybridized carbons (Fsp3) is 0.560. The first-order chi connectivity index (χ1) is 14.9. The van der Waals surface area contributed by atoms with Crippen LogP contribution in [0.25, 0.3) is 0 Å². The minimum absolute atomic E-state index is 0.186. The number of nitrogens with zero attached hydrogens (tertiary/aromatic N) is 2. The van der Waals surface area contributed by atoms with E-state index in [1.807, 2.05) is 24.3 Å². The van der Waals surface area contributed by atoms with Gasteiger partial charge in [-0.15, -0.1) is 0 Å². The summed E-state index contributed by atoms with van der Waals surface area (Å²) >= 11 is 0. The van der Waals surface area contributed by atoms with Crippen molar-refractivity contribution in [3.63, 3.8) is 0 Å². The number of rotatable bonds is 6. The van der Waals surface area contributed by atoms with Crippen molar-refractivity contribution in [2.24, 2.45) is 23.7 Å². The molecule has 2 fully saturated rings. The van der Waals surface area contributed by atoms with Gasteiger partial charge in [-0.2, -0.15) is 0 Å². The lowest BCUT2D eigenvalue weighted by Gasteiger charge is -2.35. The van der Waals surface area contributed by atoms with Crippen LogP contribution < -0.4 is 5.32 Å². The van der Waals surface area contributed by atoms with E-state index in [9.17, 15) is 14.4 Å². The fourth-order valence-electron chi connectivity index (χ4n) is 5.37. The van der Waals surface area contributed by atoms with E-state index < -0.39 is 0 Å². The molecule has 6 heteroatoms. The Morgan fingerprint density at radius 1 is 0.935 bits per heavy atom. The Hall–Kier alpha value is -2.47. The molecule has 0 saturated carbocycles. The number of carbonyl (C=O) groups excluding carboxylic acids is 3. The van der Waals surface area contributed by atoms with Gasteiger partial charge in [0, 0.05) is 26.2 Å². The molecule has 1 aliphatic carbocycles. The normalized spacial score (nSPS) is 28.6. The van der Waals surface area contributed by atoms with Gasteiger partial charge in [0.1, 0.15) is 6.54 Å². The highest BCUT2D eigenvalue weighted by Crippen LogP contribution is 2.34. The molecule has 0 aromatic heterocycles. The number of amides is 3. The van der Waals surface area contributed by atoms with Crippen molar-refractivity contribution in [3.8, 4) is 0 Å². The Bertz CT molecular complexity index is 827. The first kappa shape index (κ1) is 21.8. The zero-order valence-corrected chi connectivity index (χ0v) is 18.5. The van der Waals surface area contributed by atoms with E-state index in [0.29, 0.717) is 19.4 Å². The Balaban J connectivity index is 1.25. The SMILES string of the molecule is C[C@@H]1C[C@@H](C)CN(Cc2ccc(CNC(=O)CN3C(=O)[C@H]4CC=CC[C@H]4C3=O)cc2)C1. The summed E-state index contributed by atoms with van der Waals surface area (Å²) in [5.41, 5.74) is 2.29. The lowest BCUT2D eigenvalue weighted by Crippen LogP contribution is -2.40. The molecule has 2 heterocycles. The molecule has 4 atom stereocenters. The van der Waals surface area contributed by atoms with E-state index in [4.69, 9.17) is 0 Å². The summed E-state index contributed by atoms with van der Waals surface area (Å²) in [4.78, 5) is 41.0. The van der Waals surface area contributed by atoms with Crippen molar-refractivity contribution in [3.05, 3.63) is 47.5 Å². The minimum atomic E-state index is -0.298. The van der Waals surface area contributed by atoms with Crippen LogP contribution in [0.15, 0.2) is 36.4 Å².